The molecule has 1 saturated heterocycles. The van der Waals surface area contributed by atoms with Crippen LogP contribution in [-0.2, 0) is 11.3 Å². The van der Waals surface area contributed by atoms with E-state index in [-0.39, 0.29) is 19.5 Å². The number of aliphatic hydroxyl groups is 1. The van der Waals surface area contributed by atoms with Gasteiger partial charge in [0.25, 0.3) is 0 Å². The Balaban J connectivity index is 1.98. The monoisotopic (exact) mass is 289 g/mol. The average Bonchev–Trinajstić information content (AvgIpc) is 2.87. The van der Waals surface area contributed by atoms with E-state index < -0.39 is 24.1 Å². The zero-order valence-corrected chi connectivity index (χ0v) is 11.2. The van der Waals surface area contributed by atoms with Crippen molar-refractivity contribution in [2.75, 3.05) is 6.54 Å². The van der Waals surface area contributed by atoms with Crippen molar-refractivity contribution in [1.82, 2.24) is 10.2 Å². The van der Waals surface area contributed by atoms with Crippen molar-refractivity contribution >= 4 is 12.0 Å². The Morgan fingerprint density at radius 1 is 1.48 bits per heavy atom. The average molecular weight is 289 g/mol. The highest BCUT2D eigenvalue weighted by atomic mass is 16.4. The van der Waals surface area contributed by atoms with Crippen LogP contribution in [0.25, 0.3) is 0 Å². The smallest absolute Gasteiger partial charge is 0.326 e. The number of urea groups is 1. The quantitative estimate of drug-likeness (QED) is 0.740. The number of nitrogens with zero attached hydrogens (tertiary/aromatic N) is 2. The van der Waals surface area contributed by atoms with E-state index in [9.17, 15) is 14.7 Å². The molecular weight excluding hydrogens is 274 g/mol. The molecular formula is C14H15N3O4. The maximum atomic E-state index is 12.0. The maximum Gasteiger partial charge on any atom is 0.326 e. The molecule has 110 valence electrons. The summed E-state index contributed by atoms with van der Waals surface area (Å²) in [6.07, 6.45) is -0.786. The molecule has 1 aliphatic rings. The molecule has 2 atom stereocenters. The minimum atomic E-state index is -1.13. The highest BCUT2D eigenvalue weighted by Gasteiger charge is 2.38. The summed E-state index contributed by atoms with van der Waals surface area (Å²) in [7, 11) is 0. The van der Waals surface area contributed by atoms with Gasteiger partial charge < -0.3 is 20.4 Å². The molecule has 3 N–H and O–H groups in total. The van der Waals surface area contributed by atoms with Gasteiger partial charge in [-0.15, -0.1) is 0 Å². The lowest BCUT2D eigenvalue weighted by atomic mass is 10.1. The van der Waals surface area contributed by atoms with Gasteiger partial charge >= 0.3 is 12.0 Å². The summed E-state index contributed by atoms with van der Waals surface area (Å²) in [5.41, 5.74) is 1.23. The van der Waals surface area contributed by atoms with Gasteiger partial charge in [-0.2, -0.15) is 5.26 Å². The second-order valence-electron chi connectivity index (χ2n) is 4.87. The molecule has 0 aliphatic carbocycles. The third kappa shape index (κ3) is 3.49. The number of carboxylic acids is 1. The fraction of sp³-hybridized carbons (Fsp3) is 0.357. The van der Waals surface area contributed by atoms with Gasteiger partial charge in [-0.1, -0.05) is 12.1 Å². The number of likely N-dealkylation sites (tertiary alicyclic amines) is 1. The fourth-order valence-electron chi connectivity index (χ4n) is 2.30. The second-order valence-corrected chi connectivity index (χ2v) is 4.87. The molecule has 0 aromatic heterocycles. The second kappa shape index (κ2) is 6.24. The molecule has 2 rings (SSSR count). The minimum absolute atomic E-state index is 0.00103. The van der Waals surface area contributed by atoms with Crippen molar-refractivity contribution in [3.63, 3.8) is 0 Å². The number of carboxylic acid groups (broad SMARTS) is 1. The molecule has 1 fully saturated rings. The van der Waals surface area contributed by atoms with Crippen molar-refractivity contribution in [3.05, 3.63) is 35.4 Å². The number of carbonyl (C=O) groups excluding carboxylic acids is 1. The maximum absolute atomic E-state index is 12.0. The Morgan fingerprint density at radius 3 is 2.90 bits per heavy atom. The first-order valence-corrected chi connectivity index (χ1v) is 6.45. The number of hydrogen-bond donors (Lipinski definition) is 3. The van der Waals surface area contributed by atoms with Crippen LogP contribution in [0.15, 0.2) is 24.3 Å². The molecule has 1 aromatic carbocycles. The first-order valence-electron chi connectivity index (χ1n) is 6.45. The highest BCUT2D eigenvalue weighted by molar-refractivity contribution is 5.83. The van der Waals surface area contributed by atoms with E-state index in [0.29, 0.717) is 5.56 Å². The lowest BCUT2D eigenvalue weighted by Crippen LogP contribution is -2.45. The van der Waals surface area contributed by atoms with E-state index in [1.54, 1.807) is 24.3 Å². The standard InChI is InChI=1S/C14H15N3O4/c15-6-9-2-1-3-10(4-9)7-16-14(21)17-8-11(18)5-12(17)13(19)20/h1-4,11-12,18H,5,7-8H2,(H,16,21)(H,19,20)/t11-,12-/m0/s1. The predicted molar refractivity (Wildman–Crippen MR) is 72.1 cm³/mol. The summed E-state index contributed by atoms with van der Waals surface area (Å²) in [5.74, 6) is -1.13. The number of carbonyl (C=O) groups is 2. The van der Waals surface area contributed by atoms with Crippen LogP contribution in [0.5, 0.6) is 0 Å². The number of β-amino-alcohol motifs (C(OH)–C–C–N with tert-alkyl or cyclic N) is 1. The summed E-state index contributed by atoms with van der Waals surface area (Å²) < 4.78 is 0. The van der Waals surface area contributed by atoms with Crippen molar-refractivity contribution in [2.24, 2.45) is 0 Å². The number of aliphatic carboxylic acids is 1. The zero-order chi connectivity index (χ0) is 15.4. The van der Waals surface area contributed by atoms with Crippen molar-refractivity contribution in [3.8, 4) is 6.07 Å². The summed E-state index contributed by atoms with van der Waals surface area (Å²) >= 11 is 0. The SMILES string of the molecule is N#Cc1cccc(CNC(=O)N2C[C@@H](O)C[C@H]2C(=O)O)c1. The van der Waals surface area contributed by atoms with Crippen molar-refractivity contribution in [1.29, 1.82) is 5.26 Å². The number of amides is 2. The van der Waals surface area contributed by atoms with E-state index in [1.165, 1.54) is 0 Å². The van der Waals surface area contributed by atoms with E-state index in [4.69, 9.17) is 10.4 Å². The summed E-state index contributed by atoms with van der Waals surface area (Å²) in [6, 6.07) is 7.22. The lowest BCUT2D eigenvalue weighted by Gasteiger charge is -2.21. The molecule has 0 radical (unpaired) electrons. The van der Waals surface area contributed by atoms with Crippen LogP contribution in [-0.4, -0.2) is 45.8 Å². The topological polar surface area (TPSA) is 114 Å². The first kappa shape index (κ1) is 14.8. The summed E-state index contributed by atoms with van der Waals surface area (Å²) in [5, 5.41) is 29.9. The molecule has 1 aliphatic heterocycles. The normalized spacial score (nSPS) is 20.9. The van der Waals surface area contributed by atoms with Gasteiger partial charge in [-0.3, -0.25) is 0 Å². The number of nitrogens with one attached hydrogen (secondary N) is 1. The number of benzene rings is 1. The number of nitriles is 1. The van der Waals surface area contributed by atoms with Gasteiger partial charge in [0, 0.05) is 19.5 Å². The van der Waals surface area contributed by atoms with E-state index >= 15 is 0 Å². The van der Waals surface area contributed by atoms with Gasteiger partial charge in [0.15, 0.2) is 0 Å². The lowest BCUT2D eigenvalue weighted by molar-refractivity contribution is -0.141. The molecule has 0 unspecified atom stereocenters. The van der Waals surface area contributed by atoms with Crippen LogP contribution in [0, 0.1) is 11.3 Å². The van der Waals surface area contributed by atoms with Crippen molar-refractivity contribution < 1.29 is 19.8 Å². The van der Waals surface area contributed by atoms with Crippen molar-refractivity contribution in [2.45, 2.75) is 25.1 Å². The number of hydrogen-bond acceptors (Lipinski definition) is 4. The van der Waals surface area contributed by atoms with Crippen LogP contribution in [0.3, 0.4) is 0 Å². The Morgan fingerprint density at radius 2 is 2.24 bits per heavy atom. The Kier molecular flexibility index (Phi) is 4.40. The molecule has 2 amide bonds. The van der Waals surface area contributed by atoms with Gasteiger partial charge in [-0.25, -0.2) is 9.59 Å². The van der Waals surface area contributed by atoms with Crippen LogP contribution >= 0.6 is 0 Å². The molecule has 1 aromatic rings. The molecule has 0 bridgehead atoms. The van der Waals surface area contributed by atoms with Gasteiger partial charge in [-0.05, 0) is 17.7 Å². The highest BCUT2D eigenvalue weighted by Crippen LogP contribution is 2.18. The summed E-state index contributed by atoms with van der Waals surface area (Å²) in [6.45, 7) is 0.189. The fourth-order valence-corrected chi connectivity index (χ4v) is 2.30. The van der Waals surface area contributed by atoms with Crippen LogP contribution < -0.4 is 5.32 Å². The van der Waals surface area contributed by atoms with Gasteiger partial charge in [0.05, 0.1) is 17.7 Å². The van der Waals surface area contributed by atoms with E-state index in [1.807, 2.05) is 6.07 Å². The number of rotatable bonds is 3. The largest absolute Gasteiger partial charge is 0.480 e. The molecule has 21 heavy (non-hydrogen) atoms. The molecule has 7 heteroatoms. The Bertz CT molecular complexity index is 596. The van der Waals surface area contributed by atoms with Gasteiger partial charge in [0.2, 0.25) is 0 Å². The minimum Gasteiger partial charge on any atom is -0.480 e. The molecule has 7 nitrogen and oxygen atoms in total. The Hall–Kier alpha value is -2.59. The molecule has 1 heterocycles. The van der Waals surface area contributed by atoms with E-state index in [2.05, 4.69) is 5.32 Å². The third-order valence-corrected chi connectivity index (χ3v) is 3.32. The summed E-state index contributed by atoms with van der Waals surface area (Å²) in [4.78, 5) is 24.2. The van der Waals surface area contributed by atoms with Gasteiger partial charge in [0.1, 0.15) is 6.04 Å². The van der Waals surface area contributed by atoms with Crippen LogP contribution in [0.2, 0.25) is 0 Å². The van der Waals surface area contributed by atoms with Crippen LogP contribution in [0.1, 0.15) is 17.5 Å². The van der Waals surface area contributed by atoms with E-state index in [0.717, 1.165) is 10.5 Å². The Labute approximate surface area is 121 Å². The zero-order valence-electron chi connectivity index (χ0n) is 11.2. The third-order valence-electron chi connectivity index (χ3n) is 3.32. The molecule has 0 saturated carbocycles. The molecule has 0 spiro atoms. The first-order chi connectivity index (χ1) is 10.0. The number of aliphatic hydroxyl groups excluding tert-OH is 1. The van der Waals surface area contributed by atoms with Crippen LogP contribution in [0.4, 0.5) is 4.79 Å². The predicted octanol–water partition coefficient (Wildman–Crippen LogP) is 0.288.